The van der Waals surface area contributed by atoms with Crippen LogP contribution in [0.2, 0.25) is 0 Å². The number of hydrogen-bond acceptors (Lipinski definition) is 9. The second-order valence-corrected chi connectivity index (χ2v) is 12.4. The molecule has 6 saturated carbocycles. The van der Waals surface area contributed by atoms with Gasteiger partial charge in [-0.1, -0.05) is 0 Å². The van der Waals surface area contributed by atoms with Gasteiger partial charge in [0.2, 0.25) is 5.79 Å². The highest BCUT2D eigenvalue weighted by atomic mass is 19.3. The molecule has 7 unspecified atom stereocenters. The van der Waals surface area contributed by atoms with Gasteiger partial charge in [-0.15, -0.1) is 0 Å². The molecule has 8 fully saturated rings. The Balaban J connectivity index is 1.02. The van der Waals surface area contributed by atoms with Crippen LogP contribution >= 0.6 is 0 Å². The minimum absolute atomic E-state index is 0.149. The molecular formula is C26H30F2O9. The van der Waals surface area contributed by atoms with Crippen molar-refractivity contribution in [3.8, 4) is 0 Å². The molecular weight excluding hydrogens is 494 g/mol. The van der Waals surface area contributed by atoms with Crippen LogP contribution in [-0.4, -0.2) is 60.5 Å². The van der Waals surface area contributed by atoms with Crippen LogP contribution in [-0.2, 0) is 42.9 Å². The van der Waals surface area contributed by atoms with Gasteiger partial charge in [0.25, 0.3) is 5.92 Å². The van der Waals surface area contributed by atoms with Gasteiger partial charge in [0.05, 0.1) is 18.3 Å². The SMILES string of the molecule is CC(F)(F)COC(=O)C1C2CC3C(OC(=O)C31)C2OC(=O)CC1OC2(OC1=O)C1CC3CC(C1)CC2C3. The lowest BCUT2D eigenvalue weighted by Crippen LogP contribution is -2.58. The van der Waals surface area contributed by atoms with Gasteiger partial charge in [0.1, 0.15) is 12.2 Å². The van der Waals surface area contributed by atoms with E-state index in [-0.39, 0.29) is 24.2 Å². The van der Waals surface area contributed by atoms with Crippen molar-refractivity contribution in [2.75, 3.05) is 6.61 Å². The molecule has 37 heavy (non-hydrogen) atoms. The highest BCUT2D eigenvalue weighted by molar-refractivity contribution is 5.87. The zero-order valence-corrected chi connectivity index (χ0v) is 20.4. The number of halogens is 2. The molecule has 6 aliphatic carbocycles. The quantitative estimate of drug-likeness (QED) is 0.382. The monoisotopic (exact) mass is 524 g/mol. The van der Waals surface area contributed by atoms with Crippen molar-refractivity contribution in [3.05, 3.63) is 0 Å². The van der Waals surface area contributed by atoms with Crippen molar-refractivity contribution >= 4 is 23.9 Å². The van der Waals surface area contributed by atoms with Gasteiger partial charge in [-0.25, -0.2) is 13.6 Å². The van der Waals surface area contributed by atoms with E-state index in [4.69, 9.17) is 23.7 Å². The largest absolute Gasteiger partial charge is 0.459 e. The Bertz CT molecular complexity index is 1030. The summed E-state index contributed by atoms with van der Waals surface area (Å²) in [5.74, 6) is -8.08. The van der Waals surface area contributed by atoms with Crippen LogP contribution in [0.3, 0.4) is 0 Å². The molecule has 2 heterocycles. The molecule has 0 radical (unpaired) electrons. The van der Waals surface area contributed by atoms with E-state index in [1.165, 1.54) is 6.42 Å². The lowest BCUT2D eigenvalue weighted by molar-refractivity contribution is -0.290. The molecule has 9 nitrogen and oxygen atoms in total. The number of alkyl halides is 2. The first kappa shape index (κ1) is 23.8. The first-order chi connectivity index (χ1) is 17.5. The van der Waals surface area contributed by atoms with Crippen molar-refractivity contribution in [2.24, 2.45) is 47.3 Å². The van der Waals surface area contributed by atoms with Crippen LogP contribution in [0.25, 0.3) is 0 Å². The summed E-state index contributed by atoms with van der Waals surface area (Å²) in [6.07, 6.45) is 2.48. The molecule has 6 bridgehead atoms. The number of hydrogen-bond donors (Lipinski definition) is 0. The van der Waals surface area contributed by atoms with Crippen molar-refractivity contribution in [2.45, 2.75) is 81.9 Å². The van der Waals surface area contributed by atoms with Crippen molar-refractivity contribution in [1.82, 2.24) is 0 Å². The predicted octanol–water partition coefficient (Wildman–Crippen LogP) is 2.39. The fourth-order valence-corrected chi connectivity index (χ4v) is 8.96. The average molecular weight is 525 g/mol. The third kappa shape index (κ3) is 3.55. The predicted molar refractivity (Wildman–Crippen MR) is 115 cm³/mol. The van der Waals surface area contributed by atoms with E-state index in [0.29, 0.717) is 25.2 Å². The summed E-state index contributed by atoms with van der Waals surface area (Å²) in [5, 5.41) is 0. The highest BCUT2D eigenvalue weighted by Gasteiger charge is 2.70. The minimum Gasteiger partial charge on any atom is -0.459 e. The number of fused-ring (bicyclic) bond motifs is 1. The zero-order chi connectivity index (χ0) is 25.9. The Hall–Kier alpha value is -2.30. The van der Waals surface area contributed by atoms with Gasteiger partial charge >= 0.3 is 23.9 Å². The van der Waals surface area contributed by atoms with Crippen LogP contribution in [0.5, 0.6) is 0 Å². The van der Waals surface area contributed by atoms with Gasteiger partial charge in [0, 0.05) is 30.6 Å². The molecule has 2 aliphatic heterocycles. The standard InChI is InChI=1S/C26H30F2O9/c1-25(27,28)9-33-23(31)18-14-7-15-19(18)24(32)35-21(15)20(14)34-17(29)8-16-22(30)37-26(36-16)12-3-10-2-11(5-12)6-13(26)4-10/h10-16,18-21H,2-9H2,1H3. The van der Waals surface area contributed by atoms with Crippen molar-refractivity contribution in [3.63, 3.8) is 0 Å². The molecule has 0 aromatic rings. The summed E-state index contributed by atoms with van der Waals surface area (Å²) in [6.45, 7) is -0.462. The Morgan fingerprint density at radius 2 is 1.68 bits per heavy atom. The Morgan fingerprint density at radius 1 is 1.00 bits per heavy atom. The Labute approximate surface area is 211 Å². The van der Waals surface area contributed by atoms with Crippen LogP contribution in [0.15, 0.2) is 0 Å². The number of rotatable bonds is 6. The zero-order valence-electron chi connectivity index (χ0n) is 20.4. The molecule has 1 spiro atoms. The number of carbonyl (C=O) groups is 4. The molecule has 202 valence electrons. The van der Waals surface area contributed by atoms with Crippen molar-refractivity contribution in [1.29, 1.82) is 0 Å². The maximum Gasteiger partial charge on any atom is 0.338 e. The van der Waals surface area contributed by atoms with Crippen LogP contribution in [0, 0.1) is 47.3 Å². The normalized spacial score (nSPS) is 48.5. The van der Waals surface area contributed by atoms with E-state index in [2.05, 4.69) is 0 Å². The molecule has 8 rings (SSSR count). The van der Waals surface area contributed by atoms with E-state index in [0.717, 1.165) is 25.7 Å². The molecule has 0 N–H and O–H groups in total. The van der Waals surface area contributed by atoms with Gasteiger partial charge in [-0.3, -0.25) is 14.4 Å². The van der Waals surface area contributed by atoms with E-state index < -0.39 is 78.3 Å². The summed E-state index contributed by atoms with van der Waals surface area (Å²) >= 11 is 0. The average Bonchev–Trinajstić information content (AvgIpc) is 3.51. The summed E-state index contributed by atoms with van der Waals surface area (Å²) in [5.41, 5.74) is 0. The van der Waals surface area contributed by atoms with Crippen molar-refractivity contribution < 1.29 is 51.6 Å². The molecule has 7 atom stereocenters. The van der Waals surface area contributed by atoms with E-state index in [9.17, 15) is 28.0 Å². The minimum atomic E-state index is -3.21. The van der Waals surface area contributed by atoms with Gasteiger partial charge in [0.15, 0.2) is 12.7 Å². The maximum absolute atomic E-state index is 13.2. The van der Waals surface area contributed by atoms with Crippen LogP contribution < -0.4 is 0 Å². The second kappa shape index (κ2) is 7.86. The lowest BCUT2D eigenvalue weighted by Gasteiger charge is -2.57. The third-order valence-corrected chi connectivity index (χ3v) is 10.0. The topological polar surface area (TPSA) is 114 Å². The number of esters is 4. The number of ether oxygens (including phenoxy) is 5. The second-order valence-electron chi connectivity index (χ2n) is 12.4. The number of carbonyl (C=O) groups excluding carboxylic acids is 4. The molecule has 0 aromatic heterocycles. The van der Waals surface area contributed by atoms with Gasteiger partial charge < -0.3 is 23.7 Å². The summed E-state index contributed by atoms with van der Waals surface area (Å²) in [7, 11) is 0. The van der Waals surface area contributed by atoms with Crippen LogP contribution in [0.4, 0.5) is 8.78 Å². The lowest BCUT2D eigenvalue weighted by atomic mass is 9.53. The molecule has 11 heteroatoms. The molecule has 0 aromatic carbocycles. The third-order valence-electron chi connectivity index (χ3n) is 10.0. The fraction of sp³-hybridized carbons (Fsp3) is 0.846. The molecule has 8 aliphatic rings. The van der Waals surface area contributed by atoms with E-state index >= 15 is 0 Å². The summed E-state index contributed by atoms with van der Waals surface area (Å²) < 4.78 is 54.5. The Morgan fingerprint density at radius 3 is 2.32 bits per heavy atom. The molecule has 2 saturated heterocycles. The van der Waals surface area contributed by atoms with E-state index in [1.54, 1.807) is 0 Å². The summed E-state index contributed by atoms with van der Waals surface area (Å²) in [6, 6.07) is 0. The maximum atomic E-state index is 13.2. The van der Waals surface area contributed by atoms with Gasteiger partial charge in [-0.05, 0) is 50.4 Å². The van der Waals surface area contributed by atoms with E-state index in [1.807, 2.05) is 0 Å². The molecule has 0 amide bonds. The van der Waals surface area contributed by atoms with Crippen LogP contribution in [0.1, 0.15) is 51.9 Å². The Kier molecular flexibility index (Phi) is 5.06. The first-order valence-electron chi connectivity index (χ1n) is 13.4. The van der Waals surface area contributed by atoms with Gasteiger partial charge in [-0.2, -0.15) is 0 Å². The first-order valence-corrected chi connectivity index (χ1v) is 13.4. The highest BCUT2D eigenvalue weighted by Crippen LogP contribution is 2.62. The smallest absolute Gasteiger partial charge is 0.338 e. The fourth-order valence-electron chi connectivity index (χ4n) is 8.96. The summed E-state index contributed by atoms with van der Waals surface area (Å²) in [4.78, 5) is 50.9.